The summed E-state index contributed by atoms with van der Waals surface area (Å²) in [6, 6.07) is 5.53. The number of rotatable bonds is 7. The van der Waals surface area contributed by atoms with Crippen molar-refractivity contribution in [3.05, 3.63) is 35.1 Å². The van der Waals surface area contributed by atoms with Crippen LogP contribution in [-0.2, 0) is 21.3 Å². The molecule has 26 heavy (non-hydrogen) atoms. The van der Waals surface area contributed by atoms with Gasteiger partial charge in [0.2, 0.25) is 10.0 Å². The van der Waals surface area contributed by atoms with Crippen molar-refractivity contribution in [2.75, 3.05) is 13.2 Å². The molecule has 10 heteroatoms. The predicted octanol–water partition coefficient (Wildman–Crippen LogP) is 2.87. The fourth-order valence-electron chi connectivity index (χ4n) is 2.73. The zero-order valence-electron chi connectivity index (χ0n) is 14.6. The number of sulfonamides is 1. The zero-order valence-corrected chi connectivity index (χ0v) is 16.9. The highest BCUT2D eigenvalue weighted by molar-refractivity contribution is 7.99. The van der Waals surface area contributed by atoms with Crippen LogP contribution in [0.2, 0.25) is 5.02 Å². The Kier molecular flexibility index (Phi) is 6.24. The van der Waals surface area contributed by atoms with Crippen LogP contribution < -0.4 is 4.72 Å². The molecule has 0 spiro atoms. The van der Waals surface area contributed by atoms with E-state index in [9.17, 15) is 8.42 Å². The van der Waals surface area contributed by atoms with Crippen LogP contribution >= 0.6 is 23.4 Å². The molecular formula is C16H21ClN4O3S2. The van der Waals surface area contributed by atoms with Crippen molar-refractivity contribution < 1.29 is 13.2 Å². The molecule has 1 fully saturated rings. The topological polar surface area (TPSA) is 86.1 Å². The van der Waals surface area contributed by atoms with Crippen LogP contribution in [0.1, 0.15) is 32.1 Å². The van der Waals surface area contributed by atoms with Crippen molar-refractivity contribution in [2.45, 2.75) is 48.2 Å². The van der Waals surface area contributed by atoms with Crippen LogP contribution in [0, 0.1) is 0 Å². The molecule has 2 atom stereocenters. The summed E-state index contributed by atoms with van der Waals surface area (Å²) in [7, 11) is -3.68. The highest BCUT2D eigenvalue weighted by Gasteiger charge is 2.25. The van der Waals surface area contributed by atoms with Crippen LogP contribution in [-0.4, -0.2) is 41.6 Å². The molecule has 0 aliphatic carbocycles. The highest BCUT2D eigenvalue weighted by Crippen LogP contribution is 2.29. The molecule has 1 aliphatic rings. The van der Waals surface area contributed by atoms with E-state index in [0.717, 1.165) is 18.2 Å². The van der Waals surface area contributed by atoms with Crippen LogP contribution in [0.5, 0.6) is 0 Å². The lowest BCUT2D eigenvalue weighted by molar-refractivity contribution is 0.199. The van der Waals surface area contributed by atoms with E-state index in [-0.39, 0.29) is 4.90 Å². The Morgan fingerprint density at radius 1 is 1.38 bits per heavy atom. The Morgan fingerprint density at radius 2 is 2.12 bits per heavy atom. The lowest BCUT2D eigenvalue weighted by Crippen LogP contribution is -2.29. The van der Waals surface area contributed by atoms with Crippen molar-refractivity contribution in [1.82, 2.24) is 19.5 Å². The second kappa shape index (κ2) is 8.26. The molecule has 0 amide bonds. The lowest BCUT2D eigenvalue weighted by Gasteiger charge is -2.16. The minimum absolute atomic E-state index is 0.161. The molecule has 0 saturated carbocycles. The molecule has 1 saturated heterocycles. The lowest BCUT2D eigenvalue weighted by atomic mass is 10.3. The quantitative estimate of drug-likeness (QED) is 0.746. The van der Waals surface area contributed by atoms with E-state index in [1.165, 1.54) is 12.1 Å². The molecule has 0 radical (unpaired) electrons. The van der Waals surface area contributed by atoms with Crippen LogP contribution in [0.4, 0.5) is 0 Å². The SMILES string of the molecule is CCn1c(SC2CCOC2)nnc1[C@@H](C)NS(=O)(=O)c1ccc(Cl)cc1. The molecule has 142 valence electrons. The van der Waals surface area contributed by atoms with Gasteiger partial charge in [0, 0.05) is 23.4 Å². The van der Waals surface area contributed by atoms with Crippen LogP contribution in [0.15, 0.2) is 34.3 Å². The molecular weight excluding hydrogens is 396 g/mol. The number of hydrogen-bond donors (Lipinski definition) is 1. The van der Waals surface area contributed by atoms with E-state index in [4.69, 9.17) is 16.3 Å². The molecule has 2 heterocycles. The fraction of sp³-hybridized carbons (Fsp3) is 0.500. The van der Waals surface area contributed by atoms with Gasteiger partial charge in [-0.15, -0.1) is 10.2 Å². The summed E-state index contributed by atoms with van der Waals surface area (Å²) in [5, 5.41) is 10.1. The third-order valence-electron chi connectivity index (χ3n) is 4.06. The number of nitrogens with one attached hydrogen (secondary N) is 1. The van der Waals surface area contributed by atoms with E-state index >= 15 is 0 Å². The maximum atomic E-state index is 12.6. The second-order valence-corrected chi connectivity index (χ2v) is 9.40. The average Bonchev–Trinajstić information content (AvgIpc) is 3.24. The molecule has 0 bridgehead atoms. The summed E-state index contributed by atoms with van der Waals surface area (Å²) in [6.45, 7) is 5.88. The Morgan fingerprint density at radius 3 is 2.73 bits per heavy atom. The summed E-state index contributed by atoms with van der Waals surface area (Å²) < 4.78 is 35.2. The maximum Gasteiger partial charge on any atom is 0.241 e. The number of ether oxygens (including phenoxy) is 1. The first-order chi connectivity index (χ1) is 12.4. The van der Waals surface area contributed by atoms with E-state index in [1.807, 2.05) is 11.5 Å². The number of nitrogens with zero attached hydrogens (tertiary/aromatic N) is 3. The largest absolute Gasteiger partial charge is 0.380 e. The Bertz CT molecular complexity index is 849. The molecule has 1 N–H and O–H groups in total. The third-order valence-corrected chi connectivity index (χ3v) is 7.09. The van der Waals surface area contributed by atoms with Crippen LogP contribution in [0.25, 0.3) is 0 Å². The van der Waals surface area contributed by atoms with Crippen molar-refractivity contribution in [1.29, 1.82) is 0 Å². The summed E-state index contributed by atoms with van der Waals surface area (Å²) >= 11 is 7.46. The Hall–Kier alpha value is -1.13. The van der Waals surface area contributed by atoms with Gasteiger partial charge < -0.3 is 9.30 Å². The maximum absolute atomic E-state index is 12.6. The molecule has 1 aromatic heterocycles. The van der Waals surface area contributed by atoms with Gasteiger partial charge in [0.1, 0.15) is 0 Å². The first kappa shape index (κ1) is 19.6. The van der Waals surface area contributed by atoms with Gasteiger partial charge in [-0.05, 0) is 44.5 Å². The monoisotopic (exact) mass is 416 g/mol. The van der Waals surface area contributed by atoms with Gasteiger partial charge in [-0.25, -0.2) is 13.1 Å². The Balaban J connectivity index is 1.77. The standard InChI is InChI=1S/C16H21ClN4O3S2/c1-3-21-15(18-19-16(21)25-13-8-9-24-10-13)11(2)20-26(22,23)14-6-4-12(17)5-7-14/h4-7,11,13,20H,3,8-10H2,1-2H3/t11-,13?/m1/s1. The van der Waals surface area contributed by atoms with Crippen molar-refractivity contribution >= 4 is 33.4 Å². The van der Waals surface area contributed by atoms with E-state index in [2.05, 4.69) is 14.9 Å². The van der Waals surface area contributed by atoms with Crippen molar-refractivity contribution in [3.63, 3.8) is 0 Å². The van der Waals surface area contributed by atoms with Gasteiger partial charge in [-0.2, -0.15) is 0 Å². The summed E-state index contributed by atoms with van der Waals surface area (Å²) in [5.74, 6) is 0.589. The Labute approximate surface area is 162 Å². The van der Waals surface area contributed by atoms with Crippen molar-refractivity contribution in [3.8, 4) is 0 Å². The van der Waals surface area contributed by atoms with Gasteiger partial charge in [-0.3, -0.25) is 0 Å². The van der Waals surface area contributed by atoms with Crippen molar-refractivity contribution in [2.24, 2.45) is 0 Å². The number of thioether (sulfide) groups is 1. The van der Waals surface area contributed by atoms with Gasteiger partial charge >= 0.3 is 0 Å². The molecule has 7 nitrogen and oxygen atoms in total. The summed E-state index contributed by atoms with van der Waals surface area (Å²) in [6.07, 6.45) is 0.981. The van der Waals surface area contributed by atoms with E-state index < -0.39 is 16.1 Å². The second-order valence-electron chi connectivity index (χ2n) is 5.99. The average molecular weight is 417 g/mol. The zero-order chi connectivity index (χ0) is 18.7. The number of hydrogen-bond acceptors (Lipinski definition) is 6. The first-order valence-corrected chi connectivity index (χ1v) is 11.1. The number of aromatic nitrogens is 3. The molecule has 1 aliphatic heterocycles. The summed E-state index contributed by atoms with van der Waals surface area (Å²) in [5.41, 5.74) is 0. The first-order valence-electron chi connectivity index (χ1n) is 8.36. The van der Waals surface area contributed by atoms with E-state index in [1.54, 1.807) is 30.8 Å². The van der Waals surface area contributed by atoms with Gasteiger partial charge in [-0.1, -0.05) is 23.4 Å². The normalized spacial score (nSPS) is 19.0. The summed E-state index contributed by atoms with van der Waals surface area (Å²) in [4.78, 5) is 0.161. The molecule has 1 unspecified atom stereocenters. The molecule has 1 aromatic carbocycles. The fourth-order valence-corrected chi connectivity index (χ4v) is 5.17. The minimum Gasteiger partial charge on any atom is -0.380 e. The molecule has 3 rings (SSSR count). The van der Waals surface area contributed by atoms with Gasteiger partial charge in [0.05, 0.1) is 17.5 Å². The predicted molar refractivity (Wildman–Crippen MR) is 101 cm³/mol. The smallest absolute Gasteiger partial charge is 0.241 e. The highest BCUT2D eigenvalue weighted by atomic mass is 35.5. The third kappa shape index (κ3) is 4.40. The van der Waals surface area contributed by atoms with Crippen LogP contribution in [0.3, 0.4) is 0 Å². The minimum atomic E-state index is -3.68. The van der Waals surface area contributed by atoms with Gasteiger partial charge in [0.15, 0.2) is 11.0 Å². The number of halogens is 1. The molecule has 2 aromatic rings. The van der Waals surface area contributed by atoms with Gasteiger partial charge in [0.25, 0.3) is 0 Å². The van der Waals surface area contributed by atoms with E-state index in [0.29, 0.717) is 29.2 Å². The number of benzene rings is 1.